The standard InChI is InChI=1S/C22H21N3O3S/c1-3-28-21-11-10-19(13-16(21)2)29(26,27)24-18-8-6-7-17(14-18)20-15-25-12-5-4-9-22(25)23-20/h4-15,24H,3H2,1-2H3. The predicted molar refractivity (Wildman–Crippen MR) is 114 cm³/mol. The van der Waals surface area contributed by atoms with Crippen molar-refractivity contribution >= 4 is 21.4 Å². The van der Waals surface area contributed by atoms with Crippen molar-refractivity contribution in [2.24, 2.45) is 0 Å². The van der Waals surface area contributed by atoms with Gasteiger partial charge in [0.05, 0.1) is 17.2 Å². The number of rotatable bonds is 6. The molecular formula is C22H21N3O3S. The molecule has 29 heavy (non-hydrogen) atoms. The van der Waals surface area contributed by atoms with E-state index >= 15 is 0 Å². The minimum absolute atomic E-state index is 0.191. The molecule has 0 spiro atoms. The van der Waals surface area contributed by atoms with Gasteiger partial charge in [0.1, 0.15) is 11.4 Å². The van der Waals surface area contributed by atoms with Gasteiger partial charge in [0.15, 0.2) is 0 Å². The van der Waals surface area contributed by atoms with Gasteiger partial charge in [-0.05, 0) is 61.9 Å². The number of nitrogens with one attached hydrogen (secondary N) is 1. The van der Waals surface area contributed by atoms with Crippen molar-refractivity contribution in [2.75, 3.05) is 11.3 Å². The van der Waals surface area contributed by atoms with Crippen LogP contribution in [0.1, 0.15) is 12.5 Å². The summed E-state index contributed by atoms with van der Waals surface area (Å²) in [4.78, 5) is 4.78. The zero-order valence-electron chi connectivity index (χ0n) is 16.2. The summed E-state index contributed by atoms with van der Waals surface area (Å²) >= 11 is 0. The quantitative estimate of drug-likeness (QED) is 0.510. The largest absolute Gasteiger partial charge is 0.494 e. The molecule has 0 amide bonds. The number of fused-ring (bicyclic) bond motifs is 1. The zero-order valence-corrected chi connectivity index (χ0v) is 17.0. The molecule has 0 saturated carbocycles. The number of benzene rings is 2. The Balaban J connectivity index is 1.62. The lowest BCUT2D eigenvalue weighted by Crippen LogP contribution is -2.13. The van der Waals surface area contributed by atoms with Crippen LogP contribution in [0.25, 0.3) is 16.9 Å². The number of hydrogen-bond donors (Lipinski definition) is 1. The third-order valence-electron chi connectivity index (χ3n) is 4.53. The molecule has 0 atom stereocenters. The fourth-order valence-corrected chi connectivity index (χ4v) is 4.27. The maximum Gasteiger partial charge on any atom is 0.261 e. The van der Waals surface area contributed by atoms with Gasteiger partial charge >= 0.3 is 0 Å². The number of aryl methyl sites for hydroxylation is 1. The number of imidazole rings is 1. The van der Waals surface area contributed by atoms with Gasteiger partial charge in [0.2, 0.25) is 0 Å². The Morgan fingerprint density at radius 1 is 1.07 bits per heavy atom. The van der Waals surface area contributed by atoms with Crippen LogP contribution < -0.4 is 9.46 Å². The van der Waals surface area contributed by atoms with Crippen LogP contribution in [-0.4, -0.2) is 24.4 Å². The van der Waals surface area contributed by atoms with Gasteiger partial charge in [-0.15, -0.1) is 0 Å². The van der Waals surface area contributed by atoms with Gasteiger partial charge in [-0.2, -0.15) is 0 Å². The molecule has 0 aliphatic rings. The monoisotopic (exact) mass is 407 g/mol. The Labute approximate surface area is 169 Å². The van der Waals surface area contributed by atoms with Gasteiger partial charge in [-0.25, -0.2) is 13.4 Å². The third-order valence-corrected chi connectivity index (χ3v) is 5.91. The molecule has 2 heterocycles. The number of nitrogens with zero attached hydrogens (tertiary/aromatic N) is 2. The van der Waals surface area contributed by atoms with Crippen molar-refractivity contribution in [1.82, 2.24) is 9.38 Å². The lowest BCUT2D eigenvalue weighted by Gasteiger charge is -2.12. The van der Waals surface area contributed by atoms with Crippen molar-refractivity contribution in [3.05, 3.63) is 78.6 Å². The van der Waals surface area contributed by atoms with Crippen molar-refractivity contribution in [2.45, 2.75) is 18.7 Å². The number of ether oxygens (including phenoxy) is 1. The second kappa shape index (κ2) is 7.60. The lowest BCUT2D eigenvalue weighted by molar-refractivity contribution is 0.337. The van der Waals surface area contributed by atoms with E-state index in [-0.39, 0.29) is 4.90 Å². The van der Waals surface area contributed by atoms with Crippen molar-refractivity contribution in [3.8, 4) is 17.0 Å². The summed E-state index contributed by atoms with van der Waals surface area (Å²) in [5.74, 6) is 0.681. The molecule has 0 bridgehead atoms. The normalized spacial score (nSPS) is 11.5. The Morgan fingerprint density at radius 3 is 2.69 bits per heavy atom. The van der Waals surface area contributed by atoms with Gasteiger partial charge in [0, 0.05) is 23.6 Å². The van der Waals surface area contributed by atoms with E-state index in [1.807, 2.05) is 54.9 Å². The van der Waals surface area contributed by atoms with Crippen molar-refractivity contribution in [1.29, 1.82) is 0 Å². The Kier molecular flexibility index (Phi) is 4.98. The first-order chi connectivity index (χ1) is 14.0. The SMILES string of the molecule is CCOc1ccc(S(=O)(=O)Nc2cccc(-c3cn4ccccc4n3)c2)cc1C. The van der Waals surface area contributed by atoms with E-state index in [9.17, 15) is 8.42 Å². The molecule has 148 valence electrons. The van der Waals surface area contributed by atoms with Crippen molar-refractivity contribution < 1.29 is 13.2 Å². The first-order valence-corrected chi connectivity index (χ1v) is 10.7. The van der Waals surface area contributed by atoms with Gasteiger partial charge < -0.3 is 9.14 Å². The molecule has 4 aromatic rings. The maximum absolute atomic E-state index is 12.8. The molecule has 2 aromatic heterocycles. The van der Waals surface area contributed by atoms with Crippen LogP contribution in [0, 0.1) is 6.92 Å². The molecule has 7 heteroatoms. The highest BCUT2D eigenvalue weighted by molar-refractivity contribution is 7.92. The molecule has 0 radical (unpaired) electrons. The van der Waals surface area contributed by atoms with E-state index < -0.39 is 10.0 Å². The summed E-state index contributed by atoms with van der Waals surface area (Å²) in [7, 11) is -3.72. The fourth-order valence-electron chi connectivity index (χ4n) is 3.14. The molecule has 0 aliphatic carbocycles. The summed E-state index contributed by atoms with van der Waals surface area (Å²) in [6, 6.07) is 17.8. The van der Waals surface area contributed by atoms with Crippen LogP contribution in [0.2, 0.25) is 0 Å². The Hall–Kier alpha value is -3.32. The van der Waals surface area contributed by atoms with Crippen LogP contribution in [0.4, 0.5) is 5.69 Å². The first-order valence-electron chi connectivity index (χ1n) is 9.27. The number of anilines is 1. The van der Waals surface area contributed by atoms with Crippen LogP contribution in [0.5, 0.6) is 5.75 Å². The van der Waals surface area contributed by atoms with Crippen LogP contribution in [0.3, 0.4) is 0 Å². The minimum atomic E-state index is -3.72. The van der Waals surface area contributed by atoms with E-state index in [1.165, 1.54) is 0 Å². The highest BCUT2D eigenvalue weighted by Gasteiger charge is 2.16. The van der Waals surface area contributed by atoms with Gasteiger partial charge in [0.25, 0.3) is 10.0 Å². The van der Waals surface area contributed by atoms with E-state index in [1.54, 1.807) is 36.4 Å². The smallest absolute Gasteiger partial charge is 0.261 e. The second-order valence-corrected chi connectivity index (χ2v) is 8.32. The second-order valence-electron chi connectivity index (χ2n) is 6.64. The Morgan fingerprint density at radius 2 is 1.93 bits per heavy atom. The molecule has 0 unspecified atom stereocenters. The summed E-state index contributed by atoms with van der Waals surface area (Å²) in [6.07, 6.45) is 3.84. The Bertz CT molecular complexity index is 1250. The van der Waals surface area contributed by atoms with Crippen LogP contribution in [0.15, 0.2) is 78.0 Å². The topological polar surface area (TPSA) is 72.7 Å². The average Bonchev–Trinajstić information content (AvgIpc) is 3.14. The number of sulfonamides is 1. The number of pyridine rings is 1. The summed E-state index contributed by atoms with van der Waals surface area (Å²) in [6.45, 7) is 4.25. The minimum Gasteiger partial charge on any atom is -0.494 e. The summed E-state index contributed by atoms with van der Waals surface area (Å²) < 4.78 is 35.7. The molecule has 6 nitrogen and oxygen atoms in total. The molecule has 4 rings (SSSR count). The number of aromatic nitrogens is 2. The average molecular weight is 407 g/mol. The highest BCUT2D eigenvalue weighted by atomic mass is 32.2. The first kappa shape index (κ1) is 19.0. The molecular weight excluding hydrogens is 386 g/mol. The van der Waals surface area contributed by atoms with E-state index in [2.05, 4.69) is 9.71 Å². The number of hydrogen-bond acceptors (Lipinski definition) is 4. The van der Waals surface area contributed by atoms with Crippen LogP contribution in [-0.2, 0) is 10.0 Å². The van der Waals surface area contributed by atoms with E-state index in [4.69, 9.17) is 4.74 Å². The fraction of sp³-hybridized carbons (Fsp3) is 0.136. The third kappa shape index (κ3) is 3.95. The lowest BCUT2D eigenvalue weighted by atomic mass is 10.1. The molecule has 0 aliphatic heterocycles. The van der Waals surface area contributed by atoms with E-state index in [0.29, 0.717) is 18.0 Å². The maximum atomic E-state index is 12.8. The predicted octanol–water partition coefficient (Wildman–Crippen LogP) is 4.51. The summed E-state index contributed by atoms with van der Waals surface area (Å²) in [5.41, 5.74) is 3.68. The van der Waals surface area contributed by atoms with Crippen LogP contribution >= 0.6 is 0 Å². The summed E-state index contributed by atoms with van der Waals surface area (Å²) in [5, 5.41) is 0. The van der Waals surface area contributed by atoms with Gasteiger partial charge in [-0.3, -0.25) is 4.72 Å². The van der Waals surface area contributed by atoms with E-state index in [0.717, 1.165) is 22.5 Å². The molecule has 2 aromatic carbocycles. The van der Waals surface area contributed by atoms with Gasteiger partial charge in [-0.1, -0.05) is 18.2 Å². The molecule has 0 saturated heterocycles. The highest BCUT2D eigenvalue weighted by Crippen LogP contribution is 2.26. The zero-order chi connectivity index (χ0) is 20.4. The van der Waals surface area contributed by atoms with Crippen molar-refractivity contribution in [3.63, 3.8) is 0 Å². The molecule has 0 fully saturated rings. The molecule has 1 N–H and O–H groups in total.